The van der Waals surface area contributed by atoms with Gasteiger partial charge in [-0.25, -0.2) is 9.59 Å². The number of carbonyl (C=O) groups excluding carboxylic acids is 2. The van der Waals surface area contributed by atoms with Crippen molar-refractivity contribution < 1.29 is 29.0 Å². The van der Waals surface area contributed by atoms with Crippen LogP contribution in [0.2, 0.25) is 0 Å². The van der Waals surface area contributed by atoms with E-state index in [1.54, 1.807) is 6.07 Å². The maximum Gasteiger partial charge on any atom is 0.407 e. The minimum absolute atomic E-state index is 0.00228. The third kappa shape index (κ3) is 5.52. The SMILES string of the molecule is COCC(NC(=O)OCC1c2ccccc2-c2ccccc21)C(=O)Nc1cc(Br)cc(C(=O)O)c1. The van der Waals surface area contributed by atoms with Gasteiger partial charge in [0.05, 0.1) is 12.2 Å². The van der Waals surface area contributed by atoms with Gasteiger partial charge in [0.15, 0.2) is 0 Å². The first kappa shape index (κ1) is 24.4. The number of alkyl carbamates (subject to hydrolysis) is 1. The topological polar surface area (TPSA) is 114 Å². The molecule has 35 heavy (non-hydrogen) atoms. The summed E-state index contributed by atoms with van der Waals surface area (Å²) in [6.07, 6.45) is -0.760. The lowest BCUT2D eigenvalue weighted by atomic mass is 9.98. The number of carbonyl (C=O) groups is 3. The number of aromatic carboxylic acids is 1. The summed E-state index contributed by atoms with van der Waals surface area (Å²) in [6.45, 7) is 0.00457. The summed E-state index contributed by atoms with van der Waals surface area (Å²) in [6, 6.07) is 19.2. The first-order valence-electron chi connectivity index (χ1n) is 10.8. The fourth-order valence-corrected chi connectivity index (χ4v) is 4.64. The van der Waals surface area contributed by atoms with Gasteiger partial charge in [-0.1, -0.05) is 64.5 Å². The number of benzene rings is 3. The van der Waals surface area contributed by atoms with E-state index in [2.05, 4.69) is 26.6 Å². The largest absolute Gasteiger partial charge is 0.478 e. The van der Waals surface area contributed by atoms with Crippen molar-refractivity contribution in [2.45, 2.75) is 12.0 Å². The van der Waals surface area contributed by atoms with Crippen LogP contribution in [0.3, 0.4) is 0 Å². The highest BCUT2D eigenvalue weighted by Gasteiger charge is 2.30. The number of carboxylic acid groups (broad SMARTS) is 1. The van der Waals surface area contributed by atoms with Gasteiger partial charge in [0.1, 0.15) is 12.6 Å². The van der Waals surface area contributed by atoms with Crippen LogP contribution >= 0.6 is 15.9 Å². The molecule has 3 N–H and O–H groups in total. The standard InChI is InChI=1S/C26H23BrN2O6/c1-34-14-23(24(30)28-17-11-15(25(31)32)10-16(27)12-17)29-26(33)35-13-22-20-8-4-2-6-18(20)19-7-3-5-9-21(19)22/h2-12,22-23H,13-14H2,1H3,(H,28,30)(H,29,33)(H,31,32). The van der Waals surface area contributed by atoms with E-state index in [9.17, 15) is 19.5 Å². The van der Waals surface area contributed by atoms with Crippen LogP contribution in [0.15, 0.2) is 71.2 Å². The van der Waals surface area contributed by atoms with Crippen molar-refractivity contribution in [2.75, 3.05) is 25.6 Å². The van der Waals surface area contributed by atoms with E-state index >= 15 is 0 Å². The fourth-order valence-electron chi connectivity index (χ4n) is 4.15. The second kappa shape index (κ2) is 10.7. The highest BCUT2D eigenvalue weighted by Crippen LogP contribution is 2.44. The zero-order chi connectivity index (χ0) is 24.9. The Hall–Kier alpha value is -3.69. The average molecular weight is 539 g/mol. The zero-order valence-corrected chi connectivity index (χ0v) is 20.4. The van der Waals surface area contributed by atoms with Gasteiger partial charge in [-0.15, -0.1) is 0 Å². The van der Waals surface area contributed by atoms with Crippen LogP contribution in [-0.4, -0.2) is 49.4 Å². The van der Waals surface area contributed by atoms with Gasteiger partial charge < -0.3 is 25.2 Å². The Morgan fingerprint density at radius 3 is 2.23 bits per heavy atom. The van der Waals surface area contributed by atoms with Crippen LogP contribution in [0, 0.1) is 0 Å². The smallest absolute Gasteiger partial charge is 0.407 e. The van der Waals surface area contributed by atoms with Crippen molar-refractivity contribution in [1.29, 1.82) is 0 Å². The quantitative estimate of drug-likeness (QED) is 0.385. The number of carboxylic acids is 1. The Morgan fingerprint density at radius 1 is 1.00 bits per heavy atom. The van der Waals surface area contributed by atoms with Crippen LogP contribution in [0.25, 0.3) is 11.1 Å². The van der Waals surface area contributed by atoms with Gasteiger partial charge in [-0.05, 0) is 40.5 Å². The zero-order valence-electron chi connectivity index (χ0n) is 18.8. The van der Waals surface area contributed by atoms with Crippen molar-refractivity contribution in [2.24, 2.45) is 0 Å². The summed E-state index contributed by atoms with van der Waals surface area (Å²) in [4.78, 5) is 36.7. The molecule has 1 aliphatic rings. The molecule has 0 saturated heterocycles. The normalized spacial score (nSPS) is 12.9. The number of halogens is 1. The van der Waals surface area contributed by atoms with E-state index in [0.29, 0.717) is 4.47 Å². The molecule has 0 saturated carbocycles. The molecule has 9 heteroatoms. The number of rotatable bonds is 8. The maximum absolute atomic E-state index is 12.8. The Balaban J connectivity index is 1.42. The molecule has 8 nitrogen and oxygen atoms in total. The number of nitrogens with one attached hydrogen (secondary N) is 2. The highest BCUT2D eigenvalue weighted by molar-refractivity contribution is 9.10. The summed E-state index contributed by atoms with van der Waals surface area (Å²) in [5, 5.41) is 14.4. The van der Waals surface area contributed by atoms with Gasteiger partial charge in [-0.3, -0.25) is 4.79 Å². The number of hydrogen-bond donors (Lipinski definition) is 3. The minimum atomic E-state index is -1.13. The average Bonchev–Trinajstić information content (AvgIpc) is 3.16. The molecule has 1 atom stereocenters. The Morgan fingerprint density at radius 2 is 1.63 bits per heavy atom. The number of hydrogen-bond acceptors (Lipinski definition) is 5. The van der Waals surface area contributed by atoms with Crippen LogP contribution in [0.4, 0.5) is 10.5 Å². The molecule has 1 aliphatic carbocycles. The lowest BCUT2D eigenvalue weighted by Crippen LogP contribution is -2.47. The van der Waals surface area contributed by atoms with Crippen LogP contribution in [0.5, 0.6) is 0 Å². The Bertz CT molecular complexity index is 1230. The van der Waals surface area contributed by atoms with Crippen LogP contribution in [0.1, 0.15) is 27.4 Å². The van der Waals surface area contributed by atoms with Crippen LogP contribution < -0.4 is 10.6 Å². The Kier molecular flexibility index (Phi) is 7.48. The molecule has 2 amide bonds. The van der Waals surface area contributed by atoms with E-state index in [0.717, 1.165) is 22.3 Å². The van der Waals surface area contributed by atoms with E-state index in [1.165, 1.54) is 19.2 Å². The van der Waals surface area contributed by atoms with E-state index in [-0.39, 0.29) is 30.4 Å². The molecule has 3 aromatic carbocycles. The molecule has 4 rings (SSSR count). The van der Waals surface area contributed by atoms with Crippen molar-refractivity contribution in [3.05, 3.63) is 87.9 Å². The lowest BCUT2D eigenvalue weighted by molar-refractivity contribution is -0.119. The van der Waals surface area contributed by atoms with Crippen molar-refractivity contribution >= 4 is 39.6 Å². The van der Waals surface area contributed by atoms with Crippen LogP contribution in [-0.2, 0) is 14.3 Å². The summed E-state index contributed by atoms with van der Waals surface area (Å²) in [7, 11) is 1.40. The lowest BCUT2D eigenvalue weighted by Gasteiger charge is -2.19. The van der Waals surface area contributed by atoms with Gasteiger partial charge in [0.25, 0.3) is 0 Å². The predicted molar refractivity (Wildman–Crippen MR) is 134 cm³/mol. The summed E-state index contributed by atoms with van der Waals surface area (Å²) < 4.78 is 11.1. The second-order valence-electron chi connectivity index (χ2n) is 8.00. The molecule has 1 unspecified atom stereocenters. The van der Waals surface area contributed by atoms with Crippen molar-refractivity contribution in [1.82, 2.24) is 5.32 Å². The molecule has 0 radical (unpaired) electrons. The molecule has 0 aliphatic heterocycles. The van der Waals surface area contributed by atoms with E-state index in [4.69, 9.17) is 9.47 Å². The second-order valence-corrected chi connectivity index (χ2v) is 8.92. The monoisotopic (exact) mass is 538 g/mol. The first-order valence-corrected chi connectivity index (χ1v) is 11.6. The minimum Gasteiger partial charge on any atom is -0.478 e. The van der Waals surface area contributed by atoms with Gasteiger partial charge in [0.2, 0.25) is 5.91 Å². The third-order valence-electron chi connectivity index (χ3n) is 5.70. The highest BCUT2D eigenvalue weighted by atomic mass is 79.9. The molecular formula is C26H23BrN2O6. The molecule has 0 heterocycles. The fraction of sp³-hybridized carbons (Fsp3) is 0.192. The van der Waals surface area contributed by atoms with Crippen molar-refractivity contribution in [3.8, 4) is 11.1 Å². The molecule has 0 aromatic heterocycles. The van der Waals surface area contributed by atoms with Gasteiger partial charge in [-0.2, -0.15) is 0 Å². The molecule has 0 fully saturated rings. The molecule has 0 spiro atoms. The van der Waals surface area contributed by atoms with E-state index in [1.807, 2.05) is 48.5 Å². The number of fused-ring (bicyclic) bond motifs is 3. The first-order chi connectivity index (χ1) is 16.9. The van der Waals surface area contributed by atoms with E-state index < -0.39 is 24.0 Å². The number of amides is 2. The summed E-state index contributed by atoms with van der Waals surface area (Å²) >= 11 is 3.23. The molecule has 180 valence electrons. The summed E-state index contributed by atoms with van der Waals surface area (Å²) in [5.41, 5.74) is 4.65. The number of ether oxygens (including phenoxy) is 2. The summed E-state index contributed by atoms with van der Waals surface area (Å²) in [5.74, 6) is -1.82. The van der Waals surface area contributed by atoms with Crippen molar-refractivity contribution in [3.63, 3.8) is 0 Å². The molecule has 3 aromatic rings. The number of anilines is 1. The number of methoxy groups -OCH3 is 1. The third-order valence-corrected chi connectivity index (χ3v) is 6.16. The van der Waals surface area contributed by atoms with Gasteiger partial charge in [0, 0.05) is 23.2 Å². The maximum atomic E-state index is 12.8. The molecular weight excluding hydrogens is 516 g/mol. The predicted octanol–water partition coefficient (Wildman–Crippen LogP) is 4.64. The Labute approximate surface area is 210 Å². The molecule has 0 bridgehead atoms. The van der Waals surface area contributed by atoms with Gasteiger partial charge >= 0.3 is 12.1 Å².